The van der Waals surface area contributed by atoms with Gasteiger partial charge in [-0.05, 0) is 91.3 Å². The number of rotatable bonds is 21. The van der Waals surface area contributed by atoms with Crippen LogP contribution in [0.3, 0.4) is 0 Å². The van der Waals surface area contributed by atoms with Gasteiger partial charge in [-0.1, -0.05) is 88.3 Å². The van der Waals surface area contributed by atoms with Gasteiger partial charge in [-0.2, -0.15) is 0 Å². The molecule has 0 bridgehead atoms. The van der Waals surface area contributed by atoms with Gasteiger partial charge in [0, 0.05) is 0 Å². The second kappa shape index (κ2) is 21.9. The number of nitrogens with zero attached hydrogens (tertiary/aromatic N) is 1. The Hall–Kier alpha value is -0.820. The lowest BCUT2D eigenvalue weighted by Gasteiger charge is -2.13. The van der Waals surface area contributed by atoms with E-state index in [1.165, 1.54) is 114 Å². The smallest absolute Gasteiger partial charge is 0.00218 e. The molecular formula is C28H53N. The number of allylic oxidation sites excluding steroid dienone is 5. The van der Waals surface area contributed by atoms with Crippen LogP contribution in [0.2, 0.25) is 0 Å². The zero-order chi connectivity index (χ0) is 21.6. The van der Waals surface area contributed by atoms with Crippen molar-refractivity contribution in [3.8, 4) is 0 Å². The molecular weight excluding hydrogens is 350 g/mol. The summed E-state index contributed by atoms with van der Waals surface area (Å²) in [7, 11) is 2.21. The van der Waals surface area contributed by atoms with Crippen molar-refractivity contribution in [1.82, 2.24) is 4.90 Å². The largest absolute Gasteiger partial charge is 0.307 e. The van der Waals surface area contributed by atoms with E-state index < -0.39 is 0 Å². The Morgan fingerprint density at radius 3 is 2.07 bits per heavy atom. The van der Waals surface area contributed by atoms with Gasteiger partial charge in [-0.25, -0.2) is 0 Å². The Bertz CT molecular complexity index is 418. The molecule has 0 saturated heterocycles. The first-order valence-electron chi connectivity index (χ1n) is 12.8. The van der Waals surface area contributed by atoms with Gasteiger partial charge in [-0.3, -0.25) is 0 Å². The van der Waals surface area contributed by atoms with E-state index >= 15 is 0 Å². The van der Waals surface area contributed by atoms with Crippen molar-refractivity contribution in [2.24, 2.45) is 0 Å². The standard InChI is InChI=1S/C28H53N/c1-6-8-9-10-14-17-22-27(3)23-18-15-12-11-13-16-19-24-28(4)25-20-21-26-29(5)7-2/h14,17,23H,4,6-13,15-16,18-22,24-26H2,1-3,5H3/b17-14+,27-23-. The summed E-state index contributed by atoms with van der Waals surface area (Å²) in [5.41, 5.74) is 3.01. The highest BCUT2D eigenvalue weighted by molar-refractivity contribution is 5.04. The van der Waals surface area contributed by atoms with Gasteiger partial charge in [0.25, 0.3) is 0 Å². The monoisotopic (exact) mass is 403 g/mol. The summed E-state index contributed by atoms with van der Waals surface area (Å²) in [5, 5.41) is 0. The highest BCUT2D eigenvalue weighted by atomic mass is 15.1. The van der Waals surface area contributed by atoms with Crippen LogP contribution in [0.1, 0.15) is 124 Å². The van der Waals surface area contributed by atoms with Gasteiger partial charge in [0.2, 0.25) is 0 Å². The highest BCUT2D eigenvalue weighted by Gasteiger charge is 1.98. The van der Waals surface area contributed by atoms with Crippen LogP contribution >= 0.6 is 0 Å². The minimum absolute atomic E-state index is 1.14. The fourth-order valence-electron chi connectivity index (χ4n) is 3.60. The molecule has 0 saturated carbocycles. The van der Waals surface area contributed by atoms with Crippen LogP contribution in [0.15, 0.2) is 36.0 Å². The molecule has 0 amide bonds. The van der Waals surface area contributed by atoms with Crippen molar-refractivity contribution >= 4 is 0 Å². The topological polar surface area (TPSA) is 3.24 Å². The molecule has 0 N–H and O–H groups in total. The Morgan fingerprint density at radius 2 is 1.38 bits per heavy atom. The quantitative estimate of drug-likeness (QED) is 0.136. The van der Waals surface area contributed by atoms with Gasteiger partial charge in [0.1, 0.15) is 0 Å². The number of hydrogen-bond acceptors (Lipinski definition) is 1. The lowest BCUT2D eigenvalue weighted by atomic mass is 10.0. The van der Waals surface area contributed by atoms with Crippen molar-refractivity contribution < 1.29 is 0 Å². The Kier molecular flexibility index (Phi) is 21.3. The van der Waals surface area contributed by atoms with Crippen molar-refractivity contribution in [2.75, 3.05) is 20.1 Å². The molecule has 0 aromatic heterocycles. The second-order valence-corrected chi connectivity index (χ2v) is 8.98. The van der Waals surface area contributed by atoms with Gasteiger partial charge in [0.15, 0.2) is 0 Å². The van der Waals surface area contributed by atoms with Crippen LogP contribution in [-0.4, -0.2) is 25.0 Å². The summed E-state index contributed by atoms with van der Waals surface area (Å²) in [6, 6.07) is 0. The van der Waals surface area contributed by atoms with E-state index in [1.54, 1.807) is 0 Å². The maximum Gasteiger partial charge on any atom is -0.00218 e. The third-order valence-electron chi connectivity index (χ3n) is 5.92. The summed E-state index contributed by atoms with van der Waals surface area (Å²) in [6.45, 7) is 13.5. The second-order valence-electron chi connectivity index (χ2n) is 8.98. The van der Waals surface area contributed by atoms with E-state index in [2.05, 4.69) is 57.5 Å². The van der Waals surface area contributed by atoms with Crippen LogP contribution in [0, 0.1) is 0 Å². The van der Waals surface area contributed by atoms with E-state index in [1.807, 2.05) is 0 Å². The van der Waals surface area contributed by atoms with E-state index in [9.17, 15) is 0 Å². The molecule has 0 aliphatic rings. The van der Waals surface area contributed by atoms with Crippen LogP contribution in [0.25, 0.3) is 0 Å². The summed E-state index contributed by atoms with van der Waals surface area (Å²) in [4.78, 5) is 2.40. The van der Waals surface area contributed by atoms with Gasteiger partial charge < -0.3 is 4.90 Å². The first-order valence-corrected chi connectivity index (χ1v) is 12.8. The minimum atomic E-state index is 1.14. The zero-order valence-electron chi connectivity index (χ0n) is 20.6. The lowest BCUT2D eigenvalue weighted by Crippen LogP contribution is -2.18. The van der Waals surface area contributed by atoms with E-state index in [4.69, 9.17) is 0 Å². The maximum atomic E-state index is 4.28. The van der Waals surface area contributed by atoms with E-state index in [0.717, 1.165) is 13.0 Å². The molecule has 29 heavy (non-hydrogen) atoms. The summed E-state index contributed by atoms with van der Waals surface area (Å²) >= 11 is 0. The maximum absolute atomic E-state index is 4.28. The predicted molar refractivity (Wildman–Crippen MR) is 135 cm³/mol. The average Bonchev–Trinajstić information content (AvgIpc) is 2.72. The highest BCUT2D eigenvalue weighted by Crippen LogP contribution is 2.16. The van der Waals surface area contributed by atoms with Gasteiger partial charge in [0.05, 0.1) is 0 Å². The van der Waals surface area contributed by atoms with Crippen LogP contribution in [-0.2, 0) is 0 Å². The third kappa shape index (κ3) is 21.7. The first-order chi connectivity index (χ1) is 14.1. The molecule has 0 aromatic rings. The molecule has 0 aromatic carbocycles. The zero-order valence-corrected chi connectivity index (χ0v) is 20.6. The molecule has 0 atom stereocenters. The molecule has 0 spiro atoms. The Balaban J connectivity index is 3.42. The lowest BCUT2D eigenvalue weighted by molar-refractivity contribution is 0.343. The molecule has 170 valence electrons. The number of hydrogen-bond donors (Lipinski definition) is 0. The van der Waals surface area contributed by atoms with Crippen molar-refractivity contribution in [3.05, 3.63) is 36.0 Å². The number of unbranched alkanes of at least 4 members (excludes halogenated alkanes) is 10. The van der Waals surface area contributed by atoms with Crippen LogP contribution < -0.4 is 0 Å². The van der Waals surface area contributed by atoms with Crippen molar-refractivity contribution in [2.45, 2.75) is 124 Å². The molecule has 0 rings (SSSR count). The fraction of sp³-hybridized carbons (Fsp3) is 0.786. The van der Waals surface area contributed by atoms with Crippen LogP contribution in [0.5, 0.6) is 0 Å². The van der Waals surface area contributed by atoms with E-state index in [-0.39, 0.29) is 0 Å². The Labute approximate surface area is 184 Å². The summed E-state index contributed by atoms with van der Waals surface area (Å²) in [5.74, 6) is 0. The molecule has 0 radical (unpaired) electrons. The molecule has 0 aliphatic carbocycles. The molecule has 0 aliphatic heterocycles. The van der Waals surface area contributed by atoms with Crippen molar-refractivity contribution in [3.63, 3.8) is 0 Å². The summed E-state index contributed by atoms with van der Waals surface area (Å²) in [6.07, 6.45) is 28.3. The summed E-state index contributed by atoms with van der Waals surface area (Å²) < 4.78 is 0. The normalized spacial score (nSPS) is 12.4. The molecule has 1 heteroatoms. The first kappa shape index (κ1) is 28.2. The van der Waals surface area contributed by atoms with Crippen molar-refractivity contribution in [1.29, 1.82) is 0 Å². The molecule has 0 unspecified atom stereocenters. The third-order valence-corrected chi connectivity index (χ3v) is 5.92. The Morgan fingerprint density at radius 1 is 0.759 bits per heavy atom. The minimum Gasteiger partial charge on any atom is -0.307 e. The predicted octanol–water partition coefficient (Wildman–Crippen LogP) is 9.26. The van der Waals surface area contributed by atoms with Gasteiger partial charge in [-0.15, -0.1) is 0 Å². The fourth-order valence-corrected chi connectivity index (χ4v) is 3.60. The SMILES string of the molecule is C=C(CCCCCCCC/C=C(/C)C/C=C/CCCCC)CCCCN(C)CC. The average molecular weight is 404 g/mol. The molecule has 1 nitrogen and oxygen atoms in total. The van der Waals surface area contributed by atoms with Gasteiger partial charge >= 0.3 is 0 Å². The van der Waals surface area contributed by atoms with E-state index in [0.29, 0.717) is 0 Å². The molecule has 0 heterocycles. The molecule has 0 fully saturated rings. The van der Waals surface area contributed by atoms with Crippen LogP contribution in [0.4, 0.5) is 0 Å².